The van der Waals surface area contributed by atoms with Gasteiger partial charge in [0.15, 0.2) is 11.5 Å². The Kier molecular flexibility index (Phi) is 5.03. The van der Waals surface area contributed by atoms with Crippen LogP contribution in [0.1, 0.15) is 16.2 Å². The third-order valence-corrected chi connectivity index (χ3v) is 3.53. The van der Waals surface area contributed by atoms with E-state index < -0.39 is 0 Å². The molecule has 2 aromatic heterocycles. The van der Waals surface area contributed by atoms with Crippen molar-refractivity contribution in [2.45, 2.75) is 6.92 Å². The van der Waals surface area contributed by atoms with Crippen molar-refractivity contribution in [3.8, 4) is 23.0 Å². The molecule has 7 heteroatoms. The summed E-state index contributed by atoms with van der Waals surface area (Å²) in [5.41, 5.74) is 0.959. The van der Waals surface area contributed by atoms with Gasteiger partial charge in [-0.1, -0.05) is 0 Å². The third kappa shape index (κ3) is 4.20. The molecule has 7 nitrogen and oxygen atoms in total. The highest BCUT2D eigenvalue weighted by Gasteiger charge is 2.12. The van der Waals surface area contributed by atoms with Crippen LogP contribution in [-0.4, -0.2) is 36.4 Å². The predicted molar refractivity (Wildman–Crippen MR) is 91.8 cm³/mol. The molecule has 25 heavy (non-hydrogen) atoms. The van der Waals surface area contributed by atoms with Crippen molar-refractivity contribution >= 4 is 5.91 Å². The fourth-order valence-corrected chi connectivity index (χ4v) is 2.24. The molecule has 0 bridgehead atoms. The Hall–Kier alpha value is -3.22. The number of carbonyl (C=O) groups excluding carboxylic acids is 1. The van der Waals surface area contributed by atoms with Gasteiger partial charge in [-0.15, -0.1) is 0 Å². The highest BCUT2D eigenvalue weighted by Crippen LogP contribution is 2.20. The molecule has 1 aromatic carbocycles. The lowest BCUT2D eigenvalue weighted by Gasteiger charge is -2.07. The smallest absolute Gasteiger partial charge is 0.271 e. The van der Waals surface area contributed by atoms with Crippen LogP contribution in [-0.2, 0) is 0 Å². The minimum absolute atomic E-state index is 0.274. The van der Waals surface area contributed by atoms with E-state index in [9.17, 15) is 4.79 Å². The van der Waals surface area contributed by atoms with Gasteiger partial charge in [-0.05, 0) is 43.3 Å². The minimum Gasteiger partial charge on any atom is -0.497 e. The van der Waals surface area contributed by atoms with Crippen LogP contribution in [0.2, 0.25) is 0 Å². The first kappa shape index (κ1) is 16.6. The number of H-pyrrole nitrogens is 1. The van der Waals surface area contributed by atoms with E-state index in [4.69, 9.17) is 13.9 Å². The van der Waals surface area contributed by atoms with Crippen molar-refractivity contribution in [1.29, 1.82) is 0 Å². The molecule has 2 N–H and O–H groups in total. The molecule has 130 valence electrons. The summed E-state index contributed by atoms with van der Waals surface area (Å²) in [7, 11) is 1.61. The lowest BCUT2D eigenvalue weighted by molar-refractivity contribution is 0.0942. The van der Waals surface area contributed by atoms with Gasteiger partial charge in [-0.25, -0.2) is 0 Å². The number of hydrogen-bond donors (Lipinski definition) is 2. The van der Waals surface area contributed by atoms with Crippen LogP contribution in [0.15, 0.2) is 46.9 Å². The van der Waals surface area contributed by atoms with Crippen molar-refractivity contribution in [1.82, 2.24) is 15.5 Å². The molecule has 0 radical (unpaired) electrons. The van der Waals surface area contributed by atoms with Gasteiger partial charge in [0, 0.05) is 6.07 Å². The Bertz CT molecular complexity index is 836. The molecular weight excluding hydrogens is 322 g/mol. The number of carbonyl (C=O) groups is 1. The van der Waals surface area contributed by atoms with E-state index in [1.807, 2.05) is 43.3 Å². The van der Waals surface area contributed by atoms with E-state index in [1.54, 1.807) is 13.2 Å². The van der Waals surface area contributed by atoms with Crippen molar-refractivity contribution in [3.05, 3.63) is 53.9 Å². The van der Waals surface area contributed by atoms with E-state index in [0.717, 1.165) is 11.5 Å². The van der Waals surface area contributed by atoms with E-state index >= 15 is 0 Å². The Morgan fingerprint density at radius 1 is 1.20 bits per heavy atom. The zero-order valence-corrected chi connectivity index (χ0v) is 14.0. The third-order valence-electron chi connectivity index (χ3n) is 3.53. The molecule has 0 saturated heterocycles. The normalized spacial score (nSPS) is 10.5. The van der Waals surface area contributed by atoms with Crippen molar-refractivity contribution < 1.29 is 18.7 Å². The molecule has 1 amide bonds. The number of furan rings is 1. The Morgan fingerprint density at radius 2 is 1.96 bits per heavy atom. The van der Waals surface area contributed by atoms with Crippen molar-refractivity contribution in [3.63, 3.8) is 0 Å². The number of nitrogens with one attached hydrogen (secondary N) is 2. The molecule has 0 spiro atoms. The van der Waals surface area contributed by atoms with Gasteiger partial charge in [-0.3, -0.25) is 9.89 Å². The molecule has 0 aliphatic rings. The minimum atomic E-state index is -0.274. The van der Waals surface area contributed by atoms with E-state index in [2.05, 4.69) is 15.5 Å². The largest absolute Gasteiger partial charge is 0.497 e. The van der Waals surface area contributed by atoms with E-state index in [-0.39, 0.29) is 5.91 Å². The number of nitrogens with zero attached hydrogens (tertiary/aromatic N) is 1. The lowest BCUT2D eigenvalue weighted by Crippen LogP contribution is -2.28. The Labute approximate surface area is 145 Å². The number of aryl methyl sites for hydroxylation is 1. The molecule has 0 aliphatic carbocycles. The Morgan fingerprint density at radius 3 is 2.64 bits per heavy atom. The van der Waals surface area contributed by atoms with E-state index in [0.29, 0.717) is 36.0 Å². The van der Waals surface area contributed by atoms with Crippen LogP contribution >= 0.6 is 0 Å². The fraction of sp³-hybridized carbons (Fsp3) is 0.222. The van der Waals surface area contributed by atoms with Gasteiger partial charge in [0.25, 0.3) is 5.91 Å². The van der Waals surface area contributed by atoms with Crippen LogP contribution in [0.4, 0.5) is 0 Å². The summed E-state index contributed by atoms with van der Waals surface area (Å²) >= 11 is 0. The summed E-state index contributed by atoms with van der Waals surface area (Å²) in [4.78, 5) is 12.1. The van der Waals surface area contributed by atoms with Gasteiger partial charge < -0.3 is 19.2 Å². The summed E-state index contributed by atoms with van der Waals surface area (Å²) in [5.74, 6) is 2.65. The summed E-state index contributed by atoms with van der Waals surface area (Å²) in [6, 6.07) is 12.6. The number of methoxy groups -OCH3 is 1. The number of rotatable bonds is 7. The molecule has 0 aliphatic heterocycles. The lowest BCUT2D eigenvalue weighted by atomic mass is 10.3. The zero-order chi connectivity index (χ0) is 17.6. The topological polar surface area (TPSA) is 89.4 Å². The number of aromatic nitrogens is 2. The van der Waals surface area contributed by atoms with Crippen LogP contribution < -0.4 is 14.8 Å². The molecule has 2 heterocycles. The van der Waals surface area contributed by atoms with Gasteiger partial charge in [0.05, 0.1) is 13.7 Å². The number of ether oxygens (including phenoxy) is 2. The average molecular weight is 341 g/mol. The zero-order valence-electron chi connectivity index (χ0n) is 14.0. The van der Waals surface area contributed by atoms with E-state index in [1.165, 1.54) is 0 Å². The van der Waals surface area contributed by atoms with Crippen molar-refractivity contribution in [2.75, 3.05) is 20.3 Å². The molecular formula is C18H19N3O4. The van der Waals surface area contributed by atoms with Gasteiger partial charge in [0.2, 0.25) is 0 Å². The predicted octanol–water partition coefficient (Wildman–Crippen LogP) is 2.80. The second-order valence-corrected chi connectivity index (χ2v) is 5.36. The first-order chi connectivity index (χ1) is 12.2. The second kappa shape index (κ2) is 7.57. The van der Waals surface area contributed by atoms with Crippen LogP contribution in [0.3, 0.4) is 0 Å². The van der Waals surface area contributed by atoms with Crippen LogP contribution in [0.5, 0.6) is 11.5 Å². The average Bonchev–Trinajstić information content (AvgIpc) is 3.28. The summed E-state index contributed by atoms with van der Waals surface area (Å²) in [6.07, 6.45) is 0. The molecule has 0 atom stereocenters. The quantitative estimate of drug-likeness (QED) is 0.645. The van der Waals surface area contributed by atoms with Gasteiger partial charge in [0.1, 0.15) is 29.6 Å². The first-order valence-corrected chi connectivity index (χ1v) is 7.83. The molecule has 0 saturated carbocycles. The number of hydrogen-bond acceptors (Lipinski definition) is 5. The molecule has 3 aromatic rings. The molecule has 3 rings (SSSR count). The summed E-state index contributed by atoms with van der Waals surface area (Å²) in [6.45, 7) is 2.58. The molecule has 0 unspecified atom stereocenters. The highest BCUT2D eigenvalue weighted by atomic mass is 16.5. The second-order valence-electron chi connectivity index (χ2n) is 5.36. The van der Waals surface area contributed by atoms with Gasteiger partial charge in [-0.2, -0.15) is 5.10 Å². The number of benzene rings is 1. The number of amides is 1. The monoisotopic (exact) mass is 341 g/mol. The first-order valence-electron chi connectivity index (χ1n) is 7.83. The fourth-order valence-electron chi connectivity index (χ4n) is 2.24. The van der Waals surface area contributed by atoms with Crippen LogP contribution in [0.25, 0.3) is 11.5 Å². The van der Waals surface area contributed by atoms with Crippen molar-refractivity contribution in [2.24, 2.45) is 0 Å². The maximum absolute atomic E-state index is 12.1. The van der Waals surface area contributed by atoms with Gasteiger partial charge >= 0.3 is 0 Å². The maximum atomic E-state index is 12.1. The summed E-state index contributed by atoms with van der Waals surface area (Å²) in [5, 5.41) is 9.56. The molecule has 0 fully saturated rings. The SMILES string of the molecule is COc1ccc(OCCNC(=O)c2cc(-c3ccc(C)o3)[nH]n2)cc1. The maximum Gasteiger partial charge on any atom is 0.271 e. The van der Waals surface area contributed by atoms with Crippen LogP contribution in [0, 0.1) is 6.92 Å². The number of aromatic amines is 1. The highest BCUT2D eigenvalue weighted by molar-refractivity contribution is 5.93. The standard InChI is InChI=1S/C18H19N3O4/c1-12-3-8-17(25-12)15-11-16(21-20-15)18(22)19-9-10-24-14-6-4-13(23-2)5-7-14/h3-8,11H,9-10H2,1-2H3,(H,19,22)(H,20,21). The Balaban J connectivity index is 1.47. The summed E-state index contributed by atoms with van der Waals surface area (Å²) < 4.78 is 16.1.